The van der Waals surface area contributed by atoms with E-state index in [1.165, 1.54) is 68.0 Å². The van der Waals surface area contributed by atoms with Crippen LogP contribution in [-0.4, -0.2) is 90.4 Å². The highest BCUT2D eigenvalue weighted by Crippen LogP contribution is 1.80. The first kappa shape index (κ1) is 48.4. The molecule has 20 heteroatoms. The van der Waals surface area contributed by atoms with Crippen molar-refractivity contribution in [2.24, 2.45) is 4.99 Å². The molecule has 0 saturated heterocycles. The van der Waals surface area contributed by atoms with Crippen molar-refractivity contribution >= 4 is 30.5 Å². The maximum absolute atomic E-state index is 10.2. The van der Waals surface area contributed by atoms with Gasteiger partial charge in [-0.3, -0.25) is 10.5 Å². The van der Waals surface area contributed by atoms with E-state index in [1.807, 2.05) is 13.8 Å². The van der Waals surface area contributed by atoms with Gasteiger partial charge in [-0.15, -0.1) is 0 Å². The zero-order chi connectivity index (χ0) is 30.2. The fraction of sp³-hybridized carbons (Fsp3) is 0.562. The van der Waals surface area contributed by atoms with Gasteiger partial charge in [0.05, 0.1) is 14.2 Å². The molecule has 36 heavy (non-hydrogen) atoms. The van der Waals surface area contributed by atoms with Gasteiger partial charge in [0.2, 0.25) is 6.08 Å². The Morgan fingerprint density at radius 2 is 0.806 bits per heavy atom. The summed E-state index contributed by atoms with van der Waals surface area (Å²) >= 11 is 0. The topological polar surface area (TPSA) is 289 Å². The predicted molar refractivity (Wildman–Crippen MR) is 118 cm³/mol. The van der Waals surface area contributed by atoms with E-state index in [0.29, 0.717) is 0 Å². The second-order valence-corrected chi connectivity index (χ2v) is 3.39. The molecule has 0 aliphatic heterocycles. The van der Waals surface area contributed by atoms with E-state index in [9.17, 15) is 19.2 Å². The number of isocyanates is 1. The number of nitriles is 2. The Bertz CT molecular complexity index is 553. The standard InChI is InChI=1S/2C4H8N2O4.3C2H3NO.C2H6.H2O2/c2*1-5-3(7)9-10-4(8)6-2;2*1-4-2-3;1-3-2-4;2*1-2/h2*1-2H3,(H,5,7)(H,6,8);3*1H3;1-2H3;1-2H. The number of hydrogen-bond donors (Lipinski definition) is 6. The first-order chi connectivity index (χ1) is 17.1. The third-order valence-corrected chi connectivity index (χ3v) is 1.48. The van der Waals surface area contributed by atoms with Crippen LogP contribution in [0.3, 0.4) is 0 Å². The minimum atomic E-state index is -0.830. The summed E-state index contributed by atoms with van der Waals surface area (Å²) in [7, 11) is 9.39. The molecule has 0 aliphatic rings. The van der Waals surface area contributed by atoms with Crippen molar-refractivity contribution in [2.75, 3.05) is 49.5 Å². The molecule has 0 spiro atoms. The lowest BCUT2D eigenvalue weighted by molar-refractivity contribution is -0.177. The molecule has 0 radical (unpaired) electrons. The van der Waals surface area contributed by atoms with Gasteiger partial charge in [0.25, 0.3) is 12.5 Å². The quantitative estimate of drug-likeness (QED) is 0.0812. The number of carbonyl (C=O) groups is 4. The molecule has 6 N–H and O–H groups in total. The number of carbonyl (C=O) groups excluding carboxylic acids is 5. The van der Waals surface area contributed by atoms with Crippen LogP contribution in [0.5, 0.6) is 0 Å². The molecule has 0 fully saturated rings. The Labute approximate surface area is 207 Å². The van der Waals surface area contributed by atoms with Gasteiger partial charge in [0, 0.05) is 35.2 Å². The van der Waals surface area contributed by atoms with Gasteiger partial charge >= 0.3 is 24.4 Å². The van der Waals surface area contributed by atoms with Crippen LogP contribution in [0.25, 0.3) is 0 Å². The molecule has 20 nitrogen and oxygen atoms in total. The van der Waals surface area contributed by atoms with E-state index >= 15 is 0 Å². The minimum absolute atomic E-state index is 0.830. The number of rotatable bonds is 0. The fourth-order valence-electron chi connectivity index (χ4n) is 0.318. The normalized spacial score (nSPS) is 6.03. The molecular weight excluding hydrogens is 498 g/mol. The highest BCUT2D eigenvalue weighted by Gasteiger charge is 2.03. The minimum Gasteiger partial charge on any atom is -0.431 e. The van der Waals surface area contributed by atoms with Crippen molar-refractivity contribution in [1.82, 2.24) is 21.3 Å². The van der Waals surface area contributed by atoms with Gasteiger partial charge in [0.15, 0.2) is 0 Å². The lowest BCUT2D eigenvalue weighted by atomic mass is 11.0. The number of nitrogens with zero attached hydrogens (tertiary/aromatic N) is 3. The van der Waals surface area contributed by atoms with E-state index in [4.69, 9.17) is 25.8 Å². The smallest absolute Gasteiger partial charge is 0.431 e. The van der Waals surface area contributed by atoms with Crippen LogP contribution in [0.15, 0.2) is 4.99 Å². The first-order valence-electron chi connectivity index (χ1n) is 8.71. The molecule has 0 aromatic carbocycles. The number of ether oxygens (including phenoxy) is 2. The zero-order valence-corrected chi connectivity index (χ0v) is 21.2. The predicted octanol–water partition coefficient (Wildman–Crippen LogP) is 0.450. The number of aliphatic imine (C=N–C) groups is 1. The summed E-state index contributed by atoms with van der Waals surface area (Å²) in [6.45, 7) is 4.00. The average molecular weight is 531 g/mol. The van der Waals surface area contributed by atoms with Crippen molar-refractivity contribution in [3.63, 3.8) is 0 Å². The van der Waals surface area contributed by atoms with Gasteiger partial charge < -0.3 is 30.7 Å². The highest BCUT2D eigenvalue weighted by molar-refractivity contribution is 5.70. The van der Waals surface area contributed by atoms with E-state index < -0.39 is 24.4 Å². The Morgan fingerprint density at radius 3 is 0.861 bits per heavy atom. The van der Waals surface area contributed by atoms with Crippen molar-refractivity contribution in [3.05, 3.63) is 0 Å². The maximum Gasteiger partial charge on any atom is 0.450 e. The van der Waals surface area contributed by atoms with Crippen LogP contribution >= 0.6 is 0 Å². The largest absolute Gasteiger partial charge is 0.450 e. The molecule has 0 unspecified atom stereocenters. The number of hydrogen-bond acceptors (Lipinski definition) is 16. The lowest BCUT2D eigenvalue weighted by Gasteiger charge is -1.99. The van der Waals surface area contributed by atoms with E-state index in [-0.39, 0.29) is 0 Å². The zero-order valence-electron chi connectivity index (χ0n) is 21.2. The Balaban J connectivity index is -0.0000000599. The van der Waals surface area contributed by atoms with Crippen LogP contribution in [0.1, 0.15) is 13.8 Å². The molecule has 0 aromatic rings. The molecule has 210 valence electrons. The summed E-state index contributed by atoms with van der Waals surface area (Å²) in [5.41, 5.74) is 0. The van der Waals surface area contributed by atoms with E-state index in [2.05, 4.69) is 55.3 Å². The summed E-state index contributed by atoms with van der Waals surface area (Å²) in [6.07, 6.45) is 0.847. The summed E-state index contributed by atoms with van der Waals surface area (Å²) < 4.78 is 7.69. The number of amides is 4. The second kappa shape index (κ2) is 57.2. The highest BCUT2D eigenvalue weighted by atomic mass is 17.2. The van der Waals surface area contributed by atoms with Crippen LogP contribution in [-0.2, 0) is 33.8 Å². The van der Waals surface area contributed by atoms with Crippen molar-refractivity contribution in [2.45, 2.75) is 13.8 Å². The van der Waals surface area contributed by atoms with Crippen LogP contribution in [0.4, 0.5) is 19.2 Å². The second-order valence-electron chi connectivity index (χ2n) is 3.39. The van der Waals surface area contributed by atoms with E-state index in [1.54, 1.807) is 0 Å². The van der Waals surface area contributed by atoms with Gasteiger partial charge in [-0.05, 0) is 0 Å². The van der Waals surface area contributed by atoms with Gasteiger partial charge in [-0.25, -0.2) is 48.5 Å². The Hall–Kier alpha value is -5.04. The first-order valence-corrected chi connectivity index (χ1v) is 8.71. The summed E-state index contributed by atoms with van der Waals surface area (Å²) in [4.78, 5) is 68.1. The van der Waals surface area contributed by atoms with Crippen molar-refractivity contribution in [1.29, 1.82) is 10.5 Å². The Kier molecular flexibility index (Phi) is 76.9. The monoisotopic (exact) mass is 531 g/mol. The SMILES string of the molecule is CC.CN=C=O.CNC(=O)OOC(=O)NC.CNC(=O)OOC(=O)NC.COC#N.COC#N.OO. The van der Waals surface area contributed by atoms with Crippen LogP contribution < -0.4 is 21.3 Å². The van der Waals surface area contributed by atoms with Gasteiger partial charge in [-0.1, -0.05) is 13.8 Å². The van der Waals surface area contributed by atoms with Crippen molar-refractivity contribution in [3.8, 4) is 12.5 Å². The average Bonchev–Trinajstić information content (AvgIpc) is 2.96. The summed E-state index contributed by atoms with van der Waals surface area (Å²) in [6, 6.07) is 0. The summed E-state index contributed by atoms with van der Waals surface area (Å²) in [5.74, 6) is 0. The van der Waals surface area contributed by atoms with Gasteiger partial charge in [0.1, 0.15) is 0 Å². The molecule has 4 amide bonds. The van der Waals surface area contributed by atoms with E-state index in [0.717, 1.165) is 0 Å². The molecule has 0 aliphatic carbocycles. The third-order valence-electron chi connectivity index (χ3n) is 1.48. The van der Waals surface area contributed by atoms with Crippen LogP contribution in [0.2, 0.25) is 0 Å². The van der Waals surface area contributed by atoms with Crippen molar-refractivity contribution < 1.29 is 63.5 Å². The lowest BCUT2D eigenvalue weighted by Crippen LogP contribution is -2.25. The molecule has 0 atom stereocenters. The van der Waals surface area contributed by atoms with Gasteiger partial charge in [-0.2, -0.15) is 10.5 Å². The molecule has 0 bridgehead atoms. The maximum atomic E-state index is 10.2. The third kappa shape index (κ3) is 88.9. The number of nitrogens with one attached hydrogen (secondary N) is 4. The molecule has 0 saturated carbocycles. The molecule has 0 aromatic heterocycles. The van der Waals surface area contributed by atoms with Crippen LogP contribution in [0, 0.1) is 23.0 Å². The Morgan fingerprint density at radius 1 is 0.667 bits per heavy atom. The molecule has 0 rings (SSSR count). The summed E-state index contributed by atoms with van der Waals surface area (Å²) in [5, 5.41) is 35.1. The fourth-order valence-corrected chi connectivity index (χ4v) is 0.318. The molecular formula is C16H33N7O13. The molecule has 0 heterocycles. The number of methoxy groups -OCH3 is 2.